The SMILES string of the molecule is COC(=O)CCCC(=O)N1C(=O)OC[C@@H]1Cc1ccccc1. The van der Waals surface area contributed by atoms with E-state index < -0.39 is 6.09 Å². The Balaban J connectivity index is 1.92. The molecule has 2 amide bonds. The quantitative estimate of drug-likeness (QED) is 0.751. The van der Waals surface area contributed by atoms with Crippen molar-refractivity contribution < 1.29 is 23.9 Å². The second-order valence-corrected chi connectivity index (χ2v) is 5.11. The number of esters is 1. The summed E-state index contributed by atoms with van der Waals surface area (Å²) < 4.78 is 9.52. The zero-order valence-corrected chi connectivity index (χ0v) is 12.5. The monoisotopic (exact) mass is 305 g/mol. The highest BCUT2D eigenvalue weighted by Crippen LogP contribution is 2.19. The van der Waals surface area contributed by atoms with E-state index in [9.17, 15) is 14.4 Å². The number of carbonyl (C=O) groups excluding carboxylic acids is 3. The number of methoxy groups -OCH3 is 1. The van der Waals surface area contributed by atoms with Gasteiger partial charge in [-0.2, -0.15) is 0 Å². The molecule has 6 heteroatoms. The van der Waals surface area contributed by atoms with E-state index in [4.69, 9.17) is 4.74 Å². The van der Waals surface area contributed by atoms with Crippen LogP contribution in [0.4, 0.5) is 4.79 Å². The number of ether oxygens (including phenoxy) is 2. The minimum atomic E-state index is -0.607. The Hall–Kier alpha value is -2.37. The molecular weight excluding hydrogens is 286 g/mol. The molecule has 1 atom stereocenters. The van der Waals surface area contributed by atoms with E-state index in [2.05, 4.69) is 4.74 Å². The molecule has 1 heterocycles. The maximum atomic E-state index is 12.2. The van der Waals surface area contributed by atoms with E-state index in [1.165, 1.54) is 12.0 Å². The smallest absolute Gasteiger partial charge is 0.416 e. The van der Waals surface area contributed by atoms with Crippen molar-refractivity contribution in [2.45, 2.75) is 31.7 Å². The van der Waals surface area contributed by atoms with Crippen molar-refractivity contribution in [1.29, 1.82) is 0 Å². The summed E-state index contributed by atoms with van der Waals surface area (Å²) in [6, 6.07) is 9.34. The summed E-state index contributed by atoms with van der Waals surface area (Å²) in [6.45, 7) is 0.205. The van der Waals surface area contributed by atoms with E-state index in [1.807, 2.05) is 30.3 Å². The van der Waals surface area contributed by atoms with Gasteiger partial charge in [0.15, 0.2) is 0 Å². The lowest BCUT2D eigenvalue weighted by molar-refractivity contribution is -0.140. The number of cyclic esters (lactones) is 1. The number of amides is 2. The average molecular weight is 305 g/mol. The molecule has 1 aliphatic rings. The van der Waals surface area contributed by atoms with Crippen LogP contribution >= 0.6 is 0 Å². The summed E-state index contributed by atoms with van der Waals surface area (Å²) in [4.78, 5) is 36.2. The highest BCUT2D eigenvalue weighted by Gasteiger charge is 2.37. The first-order chi connectivity index (χ1) is 10.6. The third-order valence-electron chi connectivity index (χ3n) is 3.54. The highest BCUT2D eigenvalue weighted by molar-refractivity contribution is 5.93. The van der Waals surface area contributed by atoms with Gasteiger partial charge >= 0.3 is 12.1 Å². The van der Waals surface area contributed by atoms with Gasteiger partial charge in [0.1, 0.15) is 6.61 Å². The van der Waals surface area contributed by atoms with E-state index in [-0.39, 0.29) is 37.4 Å². The number of rotatable bonds is 6. The number of carbonyl (C=O) groups is 3. The molecular formula is C16H19NO5. The standard InChI is InChI=1S/C16H19NO5/c1-21-15(19)9-5-8-14(18)17-13(11-22-16(17)20)10-12-6-3-2-4-7-12/h2-4,6-7,13H,5,8-11H2,1H3/t13-/m0/s1. The van der Waals surface area contributed by atoms with Crippen LogP contribution in [-0.2, 0) is 25.5 Å². The highest BCUT2D eigenvalue weighted by atomic mass is 16.6. The predicted octanol–water partition coefficient (Wildman–Crippen LogP) is 1.92. The molecule has 0 N–H and O–H groups in total. The Morgan fingerprint density at radius 3 is 2.68 bits per heavy atom. The molecule has 118 valence electrons. The van der Waals surface area contributed by atoms with Gasteiger partial charge in [-0.3, -0.25) is 9.59 Å². The third kappa shape index (κ3) is 4.07. The van der Waals surface area contributed by atoms with Crippen molar-refractivity contribution in [3.63, 3.8) is 0 Å². The zero-order chi connectivity index (χ0) is 15.9. The first kappa shape index (κ1) is 16.0. The van der Waals surface area contributed by atoms with Gasteiger partial charge in [0.05, 0.1) is 13.2 Å². The van der Waals surface area contributed by atoms with Gasteiger partial charge in [-0.25, -0.2) is 9.69 Å². The Morgan fingerprint density at radius 1 is 1.27 bits per heavy atom. The summed E-state index contributed by atoms with van der Waals surface area (Å²) >= 11 is 0. The molecule has 0 aliphatic carbocycles. The topological polar surface area (TPSA) is 72.9 Å². The number of imide groups is 1. The summed E-state index contributed by atoms with van der Waals surface area (Å²) in [5.41, 5.74) is 1.04. The summed E-state index contributed by atoms with van der Waals surface area (Å²) in [6.07, 6.45) is 0.594. The van der Waals surface area contributed by atoms with Gasteiger partial charge in [0, 0.05) is 12.8 Å². The van der Waals surface area contributed by atoms with E-state index in [0.717, 1.165) is 5.56 Å². The fraction of sp³-hybridized carbons (Fsp3) is 0.438. The molecule has 1 aromatic carbocycles. The normalized spacial score (nSPS) is 17.2. The van der Waals surface area contributed by atoms with Gasteiger partial charge in [-0.1, -0.05) is 30.3 Å². The molecule has 0 saturated carbocycles. The second kappa shape index (κ2) is 7.59. The number of hydrogen-bond donors (Lipinski definition) is 0. The molecule has 0 unspecified atom stereocenters. The van der Waals surface area contributed by atoms with Crippen LogP contribution in [0.3, 0.4) is 0 Å². The van der Waals surface area contributed by atoms with Crippen LogP contribution in [0.15, 0.2) is 30.3 Å². The maximum Gasteiger partial charge on any atom is 0.416 e. The maximum absolute atomic E-state index is 12.2. The lowest BCUT2D eigenvalue weighted by Gasteiger charge is -2.19. The van der Waals surface area contributed by atoms with Crippen molar-refractivity contribution in [3.05, 3.63) is 35.9 Å². The summed E-state index contributed by atoms with van der Waals surface area (Å²) in [5.74, 6) is -0.676. The molecule has 0 aromatic heterocycles. The van der Waals surface area contributed by atoms with Crippen LogP contribution in [0.2, 0.25) is 0 Å². The van der Waals surface area contributed by atoms with Crippen LogP contribution in [0.25, 0.3) is 0 Å². The molecule has 2 rings (SSSR count). The Bertz CT molecular complexity index is 543. The van der Waals surface area contributed by atoms with E-state index in [0.29, 0.717) is 12.8 Å². The molecule has 6 nitrogen and oxygen atoms in total. The van der Waals surface area contributed by atoms with Crippen LogP contribution in [-0.4, -0.2) is 42.6 Å². The lowest BCUT2D eigenvalue weighted by atomic mass is 10.1. The molecule has 0 bridgehead atoms. The molecule has 1 aliphatic heterocycles. The summed E-state index contributed by atoms with van der Waals surface area (Å²) in [7, 11) is 1.30. The molecule has 1 aromatic rings. The van der Waals surface area contributed by atoms with Gasteiger partial charge in [-0.05, 0) is 18.4 Å². The average Bonchev–Trinajstić information content (AvgIpc) is 2.88. The zero-order valence-electron chi connectivity index (χ0n) is 12.5. The Morgan fingerprint density at radius 2 is 2.00 bits per heavy atom. The molecule has 1 saturated heterocycles. The van der Waals surface area contributed by atoms with Crippen LogP contribution < -0.4 is 0 Å². The van der Waals surface area contributed by atoms with Crippen LogP contribution in [0, 0.1) is 0 Å². The number of hydrogen-bond acceptors (Lipinski definition) is 5. The fourth-order valence-electron chi connectivity index (χ4n) is 2.41. The van der Waals surface area contributed by atoms with E-state index >= 15 is 0 Å². The second-order valence-electron chi connectivity index (χ2n) is 5.11. The van der Waals surface area contributed by atoms with Crippen LogP contribution in [0.5, 0.6) is 0 Å². The minimum absolute atomic E-state index is 0.121. The third-order valence-corrected chi connectivity index (χ3v) is 3.54. The van der Waals surface area contributed by atoms with Crippen molar-refractivity contribution in [3.8, 4) is 0 Å². The lowest BCUT2D eigenvalue weighted by Crippen LogP contribution is -2.40. The van der Waals surface area contributed by atoms with Gasteiger partial charge in [-0.15, -0.1) is 0 Å². The first-order valence-electron chi connectivity index (χ1n) is 7.21. The molecule has 1 fully saturated rings. The van der Waals surface area contributed by atoms with Gasteiger partial charge in [0.2, 0.25) is 5.91 Å². The minimum Gasteiger partial charge on any atom is -0.469 e. The predicted molar refractivity (Wildman–Crippen MR) is 78.0 cm³/mol. The molecule has 0 radical (unpaired) electrons. The number of nitrogens with zero attached hydrogens (tertiary/aromatic N) is 1. The van der Waals surface area contributed by atoms with E-state index in [1.54, 1.807) is 0 Å². The molecule has 22 heavy (non-hydrogen) atoms. The van der Waals surface area contributed by atoms with Gasteiger partial charge < -0.3 is 9.47 Å². The van der Waals surface area contributed by atoms with Crippen molar-refractivity contribution in [2.75, 3.05) is 13.7 Å². The Labute approximate surface area is 129 Å². The van der Waals surface area contributed by atoms with Crippen molar-refractivity contribution in [2.24, 2.45) is 0 Å². The Kier molecular flexibility index (Phi) is 5.52. The number of benzene rings is 1. The fourth-order valence-corrected chi connectivity index (χ4v) is 2.41. The van der Waals surface area contributed by atoms with Crippen LogP contribution in [0.1, 0.15) is 24.8 Å². The molecule has 0 spiro atoms. The largest absolute Gasteiger partial charge is 0.469 e. The van der Waals surface area contributed by atoms with Crippen molar-refractivity contribution in [1.82, 2.24) is 4.90 Å². The van der Waals surface area contributed by atoms with Crippen molar-refractivity contribution >= 4 is 18.0 Å². The van der Waals surface area contributed by atoms with Gasteiger partial charge in [0.25, 0.3) is 0 Å². The first-order valence-corrected chi connectivity index (χ1v) is 7.21. The summed E-state index contributed by atoms with van der Waals surface area (Å²) in [5, 5.41) is 0.